The number of esters is 1. The first-order chi connectivity index (χ1) is 10.5. The number of hydrogen-bond acceptors (Lipinski definition) is 5. The average molecular weight is 308 g/mol. The Balaban J connectivity index is 2.25. The Morgan fingerprint density at radius 1 is 1.14 bits per heavy atom. The quantitative estimate of drug-likeness (QED) is 0.733. The molecule has 0 saturated carbocycles. The minimum atomic E-state index is -0.663. The summed E-state index contributed by atoms with van der Waals surface area (Å²) in [5.41, 5.74) is 0.963. The minimum absolute atomic E-state index is 0.154. The smallest absolute Gasteiger partial charge is 0.321 e. The molecule has 0 unspecified atom stereocenters. The van der Waals surface area contributed by atoms with Crippen LogP contribution in [0.1, 0.15) is 18.9 Å². The van der Waals surface area contributed by atoms with Crippen LogP contribution < -0.4 is 15.4 Å². The maximum atomic E-state index is 11.5. The number of urea groups is 1. The van der Waals surface area contributed by atoms with Gasteiger partial charge in [-0.05, 0) is 31.0 Å². The zero-order valence-electron chi connectivity index (χ0n) is 12.7. The molecule has 1 aromatic carbocycles. The summed E-state index contributed by atoms with van der Waals surface area (Å²) in [5, 5.41) is 4.44. The highest BCUT2D eigenvalue weighted by Gasteiger charge is 2.10. The molecule has 0 bridgehead atoms. The second-order valence-corrected chi connectivity index (χ2v) is 4.42. The van der Waals surface area contributed by atoms with E-state index in [2.05, 4.69) is 5.32 Å². The van der Waals surface area contributed by atoms with E-state index in [9.17, 15) is 14.4 Å². The molecule has 0 heterocycles. The van der Waals surface area contributed by atoms with Gasteiger partial charge in [-0.15, -0.1) is 0 Å². The lowest BCUT2D eigenvalue weighted by molar-refractivity contribution is -0.148. The van der Waals surface area contributed by atoms with Crippen molar-refractivity contribution in [2.24, 2.45) is 0 Å². The number of carbonyl (C=O) groups excluding carboxylic acids is 3. The van der Waals surface area contributed by atoms with Crippen LogP contribution >= 0.6 is 0 Å². The van der Waals surface area contributed by atoms with Gasteiger partial charge in [-0.3, -0.25) is 14.9 Å². The SMILES string of the molecule is CCNC(=O)NC(=O)COC(=O)CCc1ccc(OC)cc1. The zero-order chi connectivity index (χ0) is 16.4. The molecule has 1 rings (SSSR count). The molecule has 0 atom stereocenters. The standard InChI is InChI=1S/C15H20N2O5/c1-3-16-15(20)17-13(18)10-22-14(19)9-6-11-4-7-12(21-2)8-5-11/h4-5,7-8H,3,6,9-10H2,1-2H3,(H2,16,17,18,20). The van der Waals surface area contributed by atoms with E-state index in [1.807, 2.05) is 17.4 Å². The number of imide groups is 1. The van der Waals surface area contributed by atoms with Gasteiger partial charge in [-0.2, -0.15) is 0 Å². The lowest BCUT2D eigenvalue weighted by Crippen LogP contribution is -2.41. The number of ether oxygens (including phenoxy) is 2. The third-order valence-electron chi connectivity index (χ3n) is 2.73. The van der Waals surface area contributed by atoms with E-state index in [0.717, 1.165) is 11.3 Å². The Morgan fingerprint density at radius 2 is 1.82 bits per heavy atom. The lowest BCUT2D eigenvalue weighted by Gasteiger charge is -2.06. The molecule has 22 heavy (non-hydrogen) atoms. The third-order valence-corrected chi connectivity index (χ3v) is 2.73. The Hall–Kier alpha value is -2.57. The number of aryl methyl sites for hydroxylation is 1. The van der Waals surface area contributed by atoms with E-state index in [1.54, 1.807) is 26.2 Å². The fourth-order valence-corrected chi connectivity index (χ4v) is 1.62. The van der Waals surface area contributed by atoms with Crippen molar-refractivity contribution in [1.29, 1.82) is 0 Å². The Labute approximate surface area is 129 Å². The molecule has 0 aromatic heterocycles. The van der Waals surface area contributed by atoms with E-state index in [1.165, 1.54) is 0 Å². The predicted octanol–water partition coefficient (Wildman–Crippen LogP) is 1.02. The van der Waals surface area contributed by atoms with Gasteiger partial charge >= 0.3 is 12.0 Å². The summed E-state index contributed by atoms with van der Waals surface area (Å²) < 4.78 is 9.83. The van der Waals surface area contributed by atoms with Crippen LogP contribution in [0.25, 0.3) is 0 Å². The van der Waals surface area contributed by atoms with Crippen molar-refractivity contribution in [3.05, 3.63) is 29.8 Å². The molecule has 0 saturated heterocycles. The number of benzene rings is 1. The van der Waals surface area contributed by atoms with Crippen molar-refractivity contribution in [2.75, 3.05) is 20.3 Å². The van der Waals surface area contributed by atoms with Crippen molar-refractivity contribution in [3.63, 3.8) is 0 Å². The number of hydrogen-bond donors (Lipinski definition) is 2. The highest BCUT2D eigenvalue weighted by molar-refractivity contribution is 5.95. The molecule has 7 nitrogen and oxygen atoms in total. The molecule has 2 N–H and O–H groups in total. The third kappa shape index (κ3) is 6.74. The van der Waals surface area contributed by atoms with E-state index in [4.69, 9.17) is 9.47 Å². The Kier molecular flexibility index (Phi) is 7.45. The molecular weight excluding hydrogens is 288 g/mol. The summed E-state index contributed by atoms with van der Waals surface area (Å²) in [6, 6.07) is 6.71. The molecule has 0 fully saturated rings. The van der Waals surface area contributed by atoms with Gasteiger partial charge in [-0.1, -0.05) is 12.1 Å². The first kappa shape index (κ1) is 17.5. The number of amides is 3. The van der Waals surface area contributed by atoms with Crippen LogP contribution in [0.4, 0.5) is 4.79 Å². The topological polar surface area (TPSA) is 93.7 Å². The van der Waals surface area contributed by atoms with Crippen LogP contribution in [0, 0.1) is 0 Å². The van der Waals surface area contributed by atoms with Gasteiger partial charge in [0.2, 0.25) is 0 Å². The Bertz CT molecular complexity index is 513. The maximum Gasteiger partial charge on any atom is 0.321 e. The summed E-state index contributed by atoms with van der Waals surface area (Å²) in [4.78, 5) is 33.9. The van der Waals surface area contributed by atoms with E-state index in [0.29, 0.717) is 13.0 Å². The van der Waals surface area contributed by atoms with Gasteiger partial charge in [0.05, 0.1) is 7.11 Å². The first-order valence-corrected chi connectivity index (χ1v) is 6.91. The molecule has 0 aliphatic rings. The monoisotopic (exact) mass is 308 g/mol. The molecule has 1 aromatic rings. The van der Waals surface area contributed by atoms with E-state index in [-0.39, 0.29) is 6.42 Å². The number of nitrogens with one attached hydrogen (secondary N) is 2. The van der Waals surface area contributed by atoms with Crippen LogP contribution in [0.2, 0.25) is 0 Å². The van der Waals surface area contributed by atoms with Gasteiger partial charge in [0.15, 0.2) is 6.61 Å². The molecular formula is C15H20N2O5. The average Bonchev–Trinajstić information content (AvgIpc) is 2.51. The fourth-order valence-electron chi connectivity index (χ4n) is 1.62. The molecule has 0 aliphatic heterocycles. The highest BCUT2D eigenvalue weighted by atomic mass is 16.5. The van der Waals surface area contributed by atoms with Crippen molar-refractivity contribution < 1.29 is 23.9 Å². The van der Waals surface area contributed by atoms with Crippen LogP contribution in [0.5, 0.6) is 5.75 Å². The normalized spacial score (nSPS) is 9.73. The van der Waals surface area contributed by atoms with Crippen molar-refractivity contribution in [3.8, 4) is 5.75 Å². The van der Waals surface area contributed by atoms with Crippen LogP contribution in [0.15, 0.2) is 24.3 Å². The summed E-state index contributed by atoms with van der Waals surface area (Å²) >= 11 is 0. The predicted molar refractivity (Wildman–Crippen MR) is 79.5 cm³/mol. The summed E-state index contributed by atoms with van der Waals surface area (Å²) in [6.45, 7) is 1.66. The second-order valence-electron chi connectivity index (χ2n) is 4.42. The fraction of sp³-hybridized carbons (Fsp3) is 0.400. The maximum absolute atomic E-state index is 11.5. The molecule has 0 radical (unpaired) electrons. The number of methoxy groups -OCH3 is 1. The number of carbonyl (C=O) groups is 3. The Morgan fingerprint density at radius 3 is 2.41 bits per heavy atom. The highest BCUT2D eigenvalue weighted by Crippen LogP contribution is 2.12. The minimum Gasteiger partial charge on any atom is -0.497 e. The van der Waals surface area contributed by atoms with E-state index < -0.39 is 24.5 Å². The largest absolute Gasteiger partial charge is 0.497 e. The van der Waals surface area contributed by atoms with Gasteiger partial charge in [0.25, 0.3) is 5.91 Å². The molecule has 7 heteroatoms. The molecule has 0 spiro atoms. The zero-order valence-corrected chi connectivity index (χ0v) is 12.7. The molecule has 3 amide bonds. The van der Waals surface area contributed by atoms with Gasteiger partial charge in [-0.25, -0.2) is 4.79 Å². The van der Waals surface area contributed by atoms with Gasteiger partial charge in [0, 0.05) is 13.0 Å². The number of rotatable bonds is 7. The molecule has 0 aliphatic carbocycles. The first-order valence-electron chi connectivity index (χ1n) is 6.91. The summed E-state index contributed by atoms with van der Waals surface area (Å²) in [7, 11) is 1.58. The van der Waals surface area contributed by atoms with Crippen LogP contribution in [0.3, 0.4) is 0 Å². The van der Waals surface area contributed by atoms with E-state index >= 15 is 0 Å². The van der Waals surface area contributed by atoms with Gasteiger partial charge in [0.1, 0.15) is 5.75 Å². The van der Waals surface area contributed by atoms with Crippen LogP contribution in [-0.4, -0.2) is 38.2 Å². The summed E-state index contributed by atoms with van der Waals surface area (Å²) in [5.74, 6) is -0.418. The van der Waals surface area contributed by atoms with Gasteiger partial charge < -0.3 is 14.8 Å². The van der Waals surface area contributed by atoms with Crippen molar-refractivity contribution >= 4 is 17.9 Å². The lowest BCUT2D eigenvalue weighted by atomic mass is 10.1. The summed E-state index contributed by atoms with van der Waals surface area (Å²) in [6.07, 6.45) is 0.654. The molecule has 120 valence electrons. The van der Waals surface area contributed by atoms with Crippen LogP contribution in [-0.2, 0) is 20.7 Å². The second kappa shape index (κ2) is 9.38. The van der Waals surface area contributed by atoms with Crippen molar-refractivity contribution in [1.82, 2.24) is 10.6 Å². The van der Waals surface area contributed by atoms with Crippen molar-refractivity contribution in [2.45, 2.75) is 19.8 Å².